The molecule has 14 heavy (non-hydrogen) atoms. The number of aromatic nitrogens is 2. The highest BCUT2D eigenvalue weighted by molar-refractivity contribution is 5.93. The van der Waals surface area contributed by atoms with E-state index in [-0.39, 0.29) is 0 Å². The number of aromatic amines is 1. The lowest BCUT2D eigenvalue weighted by atomic mass is 10.1. The van der Waals surface area contributed by atoms with Crippen molar-refractivity contribution >= 4 is 5.91 Å². The first-order valence-corrected chi connectivity index (χ1v) is 5.11. The van der Waals surface area contributed by atoms with Crippen LogP contribution in [-0.2, 0) is 6.42 Å². The fourth-order valence-electron chi connectivity index (χ4n) is 3.48. The standard InChI is InChI=1S/C10H11N3O/c11-9(14)8-4-3-5-6(7(4)12-13-8)10(5)1-2-10/h5-6H,1-3H2,(H2,11,14)(H,12,13)/t5-,6-/m1/s1. The molecule has 0 unspecified atom stereocenters. The Kier molecular flexibility index (Phi) is 0.874. The molecule has 1 aromatic rings. The molecule has 3 aliphatic rings. The summed E-state index contributed by atoms with van der Waals surface area (Å²) in [7, 11) is 0. The number of H-pyrrole nitrogens is 1. The van der Waals surface area contributed by atoms with Gasteiger partial charge in [0.1, 0.15) is 0 Å². The summed E-state index contributed by atoms with van der Waals surface area (Å²) in [5.74, 6) is 1.08. The normalized spacial score (nSPS) is 34.0. The molecule has 1 aromatic heterocycles. The third-order valence-corrected chi connectivity index (χ3v) is 4.35. The van der Waals surface area contributed by atoms with Crippen molar-refractivity contribution in [1.29, 1.82) is 0 Å². The molecule has 0 saturated heterocycles. The molecule has 0 bridgehead atoms. The van der Waals surface area contributed by atoms with Crippen LogP contribution >= 0.6 is 0 Å². The van der Waals surface area contributed by atoms with E-state index >= 15 is 0 Å². The SMILES string of the molecule is NC(=O)c1n[nH]c2c1C[C@@H]1[C@H]2C12CC2. The molecule has 72 valence electrons. The van der Waals surface area contributed by atoms with Gasteiger partial charge in [0.05, 0.1) is 0 Å². The number of carbonyl (C=O) groups excluding carboxylic acids is 1. The van der Waals surface area contributed by atoms with Crippen molar-refractivity contribution in [1.82, 2.24) is 10.2 Å². The third kappa shape index (κ3) is 0.549. The molecule has 4 heteroatoms. The van der Waals surface area contributed by atoms with Crippen LogP contribution in [-0.4, -0.2) is 16.1 Å². The van der Waals surface area contributed by atoms with Gasteiger partial charge in [-0.15, -0.1) is 0 Å². The number of primary amides is 1. The van der Waals surface area contributed by atoms with Crippen molar-refractivity contribution in [3.63, 3.8) is 0 Å². The number of nitrogens with zero attached hydrogens (tertiary/aromatic N) is 1. The molecule has 1 heterocycles. The largest absolute Gasteiger partial charge is 0.364 e. The fraction of sp³-hybridized carbons (Fsp3) is 0.600. The van der Waals surface area contributed by atoms with E-state index in [0.717, 1.165) is 17.9 Å². The summed E-state index contributed by atoms with van der Waals surface area (Å²) in [5.41, 5.74) is 8.67. The topological polar surface area (TPSA) is 71.8 Å². The molecule has 0 aliphatic heterocycles. The predicted octanol–water partition coefficient (Wildman–Crippen LogP) is 0.558. The number of hydrogen-bond donors (Lipinski definition) is 2. The van der Waals surface area contributed by atoms with E-state index in [4.69, 9.17) is 5.73 Å². The third-order valence-electron chi connectivity index (χ3n) is 4.35. The smallest absolute Gasteiger partial charge is 0.269 e. The van der Waals surface area contributed by atoms with Crippen LogP contribution in [0.5, 0.6) is 0 Å². The zero-order valence-corrected chi connectivity index (χ0v) is 7.71. The van der Waals surface area contributed by atoms with Gasteiger partial charge in [-0.1, -0.05) is 0 Å². The first-order chi connectivity index (χ1) is 6.74. The number of nitrogens with one attached hydrogen (secondary N) is 1. The van der Waals surface area contributed by atoms with Crippen LogP contribution in [0.4, 0.5) is 0 Å². The summed E-state index contributed by atoms with van der Waals surface area (Å²) in [6.45, 7) is 0. The van der Waals surface area contributed by atoms with Gasteiger partial charge in [-0.3, -0.25) is 9.89 Å². The number of carbonyl (C=O) groups is 1. The van der Waals surface area contributed by atoms with Crippen molar-refractivity contribution in [2.75, 3.05) is 0 Å². The maximum atomic E-state index is 11.1. The molecule has 4 rings (SSSR count). The van der Waals surface area contributed by atoms with Crippen LogP contribution in [0.3, 0.4) is 0 Å². The van der Waals surface area contributed by atoms with Gasteiger partial charge in [0.25, 0.3) is 5.91 Å². The molecule has 3 aliphatic carbocycles. The minimum absolute atomic E-state index is 0.395. The van der Waals surface area contributed by atoms with Crippen LogP contribution in [0.25, 0.3) is 0 Å². The molecule has 1 amide bonds. The number of amides is 1. The summed E-state index contributed by atoms with van der Waals surface area (Å²) in [6, 6.07) is 0. The average Bonchev–Trinajstić information content (AvgIpc) is 2.90. The van der Waals surface area contributed by atoms with Crippen LogP contribution in [0, 0.1) is 11.3 Å². The van der Waals surface area contributed by atoms with E-state index in [1.807, 2.05) is 0 Å². The molecule has 2 fully saturated rings. The Bertz CT molecular complexity index is 458. The van der Waals surface area contributed by atoms with Crippen molar-refractivity contribution < 1.29 is 4.79 Å². The average molecular weight is 189 g/mol. The first-order valence-electron chi connectivity index (χ1n) is 5.11. The fourth-order valence-corrected chi connectivity index (χ4v) is 3.48. The van der Waals surface area contributed by atoms with Crippen molar-refractivity contribution in [2.24, 2.45) is 17.1 Å². The summed E-state index contributed by atoms with van der Waals surface area (Å²) in [5, 5.41) is 7.01. The molecule has 1 spiro atoms. The van der Waals surface area contributed by atoms with Crippen molar-refractivity contribution in [3.05, 3.63) is 17.0 Å². The van der Waals surface area contributed by atoms with Crippen molar-refractivity contribution in [2.45, 2.75) is 25.2 Å². The van der Waals surface area contributed by atoms with Gasteiger partial charge in [0, 0.05) is 17.2 Å². The van der Waals surface area contributed by atoms with Crippen LogP contribution in [0.15, 0.2) is 0 Å². The Labute approximate surface area is 80.9 Å². The van der Waals surface area contributed by atoms with Crippen molar-refractivity contribution in [3.8, 4) is 0 Å². The van der Waals surface area contributed by atoms with Crippen LogP contribution in [0.1, 0.15) is 40.5 Å². The second-order valence-corrected chi connectivity index (χ2v) is 4.85. The number of fused-ring (bicyclic) bond motifs is 5. The van der Waals surface area contributed by atoms with Gasteiger partial charge in [-0.05, 0) is 30.6 Å². The summed E-state index contributed by atoms with van der Waals surface area (Å²) >= 11 is 0. The minimum atomic E-state index is -0.395. The maximum absolute atomic E-state index is 11.1. The second-order valence-electron chi connectivity index (χ2n) is 4.85. The Hall–Kier alpha value is -1.32. The Balaban J connectivity index is 1.84. The number of rotatable bonds is 1. The van der Waals surface area contributed by atoms with E-state index in [0.29, 0.717) is 17.0 Å². The first kappa shape index (κ1) is 7.04. The zero-order valence-electron chi connectivity index (χ0n) is 7.71. The monoisotopic (exact) mass is 189 g/mol. The van der Waals surface area contributed by atoms with E-state index in [2.05, 4.69) is 10.2 Å². The van der Waals surface area contributed by atoms with Gasteiger partial charge in [0.15, 0.2) is 5.69 Å². The molecule has 4 nitrogen and oxygen atoms in total. The van der Waals surface area contributed by atoms with E-state index in [1.54, 1.807) is 0 Å². The molecular formula is C10H11N3O. The lowest BCUT2D eigenvalue weighted by molar-refractivity contribution is 0.0994. The van der Waals surface area contributed by atoms with E-state index in [1.165, 1.54) is 18.5 Å². The Morgan fingerprint density at radius 1 is 1.57 bits per heavy atom. The highest BCUT2D eigenvalue weighted by Crippen LogP contribution is 2.82. The Morgan fingerprint density at radius 3 is 3.00 bits per heavy atom. The minimum Gasteiger partial charge on any atom is -0.364 e. The highest BCUT2D eigenvalue weighted by atomic mass is 16.1. The predicted molar refractivity (Wildman–Crippen MR) is 48.7 cm³/mol. The number of nitrogens with two attached hydrogens (primary N) is 1. The van der Waals surface area contributed by atoms with Gasteiger partial charge < -0.3 is 5.73 Å². The van der Waals surface area contributed by atoms with Crippen LogP contribution < -0.4 is 5.73 Å². The maximum Gasteiger partial charge on any atom is 0.269 e. The highest BCUT2D eigenvalue weighted by Gasteiger charge is 2.75. The lowest BCUT2D eigenvalue weighted by Gasteiger charge is -1.99. The number of hydrogen-bond acceptors (Lipinski definition) is 2. The molecule has 2 saturated carbocycles. The van der Waals surface area contributed by atoms with Crippen LogP contribution in [0.2, 0.25) is 0 Å². The van der Waals surface area contributed by atoms with Gasteiger partial charge in [-0.25, -0.2) is 0 Å². The lowest BCUT2D eigenvalue weighted by Crippen LogP contribution is -2.14. The summed E-state index contributed by atoms with van der Waals surface area (Å²) in [6.07, 6.45) is 3.76. The van der Waals surface area contributed by atoms with Gasteiger partial charge >= 0.3 is 0 Å². The van der Waals surface area contributed by atoms with Gasteiger partial charge in [-0.2, -0.15) is 5.10 Å². The molecule has 3 N–H and O–H groups in total. The Morgan fingerprint density at radius 2 is 2.36 bits per heavy atom. The molecule has 2 atom stereocenters. The molecular weight excluding hydrogens is 178 g/mol. The second kappa shape index (κ2) is 1.74. The summed E-state index contributed by atoms with van der Waals surface area (Å²) in [4.78, 5) is 11.1. The summed E-state index contributed by atoms with van der Waals surface area (Å²) < 4.78 is 0. The zero-order chi connectivity index (χ0) is 9.50. The van der Waals surface area contributed by atoms with Gasteiger partial charge in [0.2, 0.25) is 0 Å². The molecule has 0 radical (unpaired) electrons. The van der Waals surface area contributed by atoms with E-state index in [9.17, 15) is 4.79 Å². The molecule has 0 aromatic carbocycles. The quantitative estimate of drug-likeness (QED) is 0.677. The van der Waals surface area contributed by atoms with E-state index < -0.39 is 5.91 Å².